The molecule has 2 fully saturated rings. The Morgan fingerprint density at radius 2 is 1.80 bits per heavy atom. The molecule has 1 atom stereocenters. The van der Waals surface area contributed by atoms with Gasteiger partial charge in [0.05, 0.1) is 14.2 Å². The van der Waals surface area contributed by atoms with Crippen LogP contribution in [0.4, 0.5) is 5.69 Å². The van der Waals surface area contributed by atoms with Crippen LogP contribution in [0.15, 0.2) is 18.2 Å². The van der Waals surface area contributed by atoms with Crippen molar-refractivity contribution in [3.05, 3.63) is 18.2 Å². The average molecular weight is 276 g/mol. The van der Waals surface area contributed by atoms with Crippen LogP contribution in [0.5, 0.6) is 11.5 Å². The smallest absolute Gasteiger partial charge is 0.124 e. The zero-order chi connectivity index (χ0) is 14.2. The maximum atomic E-state index is 5.38. The molecular weight excluding hydrogens is 252 g/mol. The molecule has 3 rings (SSSR count). The van der Waals surface area contributed by atoms with E-state index in [1.165, 1.54) is 18.5 Å². The summed E-state index contributed by atoms with van der Waals surface area (Å²) >= 11 is 0. The van der Waals surface area contributed by atoms with Crippen molar-refractivity contribution in [1.29, 1.82) is 0 Å². The SMILES string of the molecule is COc1cc(OC)cc(N2CCNC(C)(C3CC3)C2)c1. The third-order valence-corrected chi connectivity index (χ3v) is 4.61. The van der Waals surface area contributed by atoms with Crippen LogP contribution in [-0.2, 0) is 0 Å². The molecule has 1 aliphatic heterocycles. The molecule has 110 valence electrons. The highest BCUT2D eigenvalue weighted by Gasteiger charge is 2.43. The molecule has 0 spiro atoms. The fourth-order valence-electron chi connectivity index (χ4n) is 3.20. The van der Waals surface area contributed by atoms with Gasteiger partial charge in [0, 0.05) is 49.1 Å². The molecule has 0 aromatic heterocycles. The quantitative estimate of drug-likeness (QED) is 0.915. The van der Waals surface area contributed by atoms with E-state index in [2.05, 4.69) is 29.3 Å². The number of nitrogens with one attached hydrogen (secondary N) is 1. The van der Waals surface area contributed by atoms with Gasteiger partial charge in [0.2, 0.25) is 0 Å². The van der Waals surface area contributed by atoms with Crippen molar-refractivity contribution in [2.45, 2.75) is 25.3 Å². The maximum Gasteiger partial charge on any atom is 0.124 e. The summed E-state index contributed by atoms with van der Waals surface area (Å²) in [7, 11) is 3.40. The summed E-state index contributed by atoms with van der Waals surface area (Å²) < 4.78 is 10.8. The van der Waals surface area contributed by atoms with Gasteiger partial charge in [-0.3, -0.25) is 0 Å². The number of rotatable bonds is 4. The Morgan fingerprint density at radius 1 is 1.15 bits per heavy atom. The van der Waals surface area contributed by atoms with Crippen LogP contribution < -0.4 is 19.7 Å². The first-order chi connectivity index (χ1) is 9.64. The molecule has 4 heteroatoms. The van der Waals surface area contributed by atoms with E-state index in [0.29, 0.717) is 0 Å². The van der Waals surface area contributed by atoms with Gasteiger partial charge in [-0.25, -0.2) is 0 Å². The van der Waals surface area contributed by atoms with Gasteiger partial charge in [-0.2, -0.15) is 0 Å². The van der Waals surface area contributed by atoms with Crippen molar-refractivity contribution in [3.63, 3.8) is 0 Å². The van der Waals surface area contributed by atoms with Crippen LogP contribution in [0.1, 0.15) is 19.8 Å². The highest BCUT2D eigenvalue weighted by atomic mass is 16.5. The molecule has 0 bridgehead atoms. The number of hydrogen-bond acceptors (Lipinski definition) is 4. The van der Waals surface area contributed by atoms with Gasteiger partial charge >= 0.3 is 0 Å². The summed E-state index contributed by atoms with van der Waals surface area (Å²) in [5.41, 5.74) is 1.43. The Hall–Kier alpha value is -1.42. The van der Waals surface area contributed by atoms with Crippen molar-refractivity contribution >= 4 is 5.69 Å². The molecule has 1 aliphatic carbocycles. The number of nitrogens with zero attached hydrogens (tertiary/aromatic N) is 1. The van der Waals surface area contributed by atoms with Gasteiger partial charge in [0.15, 0.2) is 0 Å². The van der Waals surface area contributed by atoms with E-state index in [1.54, 1.807) is 14.2 Å². The lowest BCUT2D eigenvalue weighted by Gasteiger charge is -2.43. The molecule has 0 amide bonds. The number of anilines is 1. The predicted octanol–water partition coefficient (Wildman–Crippen LogP) is 2.28. The summed E-state index contributed by atoms with van der Waals surface area (Å²) in [6, 6.07) is 6.12. The summed E-state index contributed by atoms with van der Waals surface area (Å²) in [6.07, 6.45) is 2.72. The third kappa shape index (κ3) is 2.57. The van der Waals surface area contributed by atoms with Crippen molar-refractivity contribution in [1.82, 2.24) is 5.32 Å². The molecule has 1 aromatic rings. The monoisotopic (exact) mass is 276 g/mol. The first-order valence-corrected chi connectivity index (χ1v) is 7.38. The number of hydrogen-bond donors (Lipinski definition) is 1. The number of ether oxygens (including phenoxy) is 2. The molecule has 20 heavy (non-hydrogen) atoms. The highest BCUT2D eigenvalue weighted by Crippen LogP contribution is 2.41. The molecule has 1 N–H and O–H groups in total. The third-order valence-electron chi connectivity index (χ3n) is 4.61. The lowest BCUT2D eigenvalue weighted by atomic mass is 9.92. The molecule has 1 saturated carbocycles. The number of methoxy groups -OCH3 is 2. The summed E-state index contributed by atoms with van der Waals surface area (Å²) in [4.78, 5) is 2.44. The van der Waals surface area contributed by atoms with Crippen molar-refractivity contribution in [3.8, 4) is 11.5 Å². The van der Waals surface area contributed by atoms with E-state index in [4.69, 9.17) is 9.47 Å². The molecular formula is C16H24N2O2. The zero-order valence-corrected chi connectivity index (χ0v) is 12.6. The Balaban J connectivity index is 1.84. The second-order valence-corrected chi connectivity index (χ2v) is 6.11. The number of piperazine rings is 1. The molecule has 4 nitrogen and oxygen atoms in total. The van der Waals surface area contributed by atoms with Crippen LogP contribution in [0.3, 0.4) is 0 Å². The van der Waals surface area contributed by atoms with E-state index in [0.717, 1.165) is 37.1 Å². The fourth-order valence-corrected chi connectivity index (χ4v) is 3.20. The first kappa shape index (κ1) is 13.6. The van der Waals surface area contributed by atoms with E-state index in [1.807, 2.05) is 6.07 Å². The Bertz CT molecular complexity index is 465. The summed E-state index contributed by atoms with van der Waals surface area (Å²) in [5.74, 6) is 2.54. The zero-order valence-electron chi connectivity index (χ0n) is 12.6. The Morgan fingerprint density at radius 3 is 2.35 bits per heavy atom. The lowest BCUT2D eigenvalue weighted by Crippen LogP contribution is -2.60. The van der Waals surface area contributed by atoms with Crippen molar-refractivity contribution in [2.75, 3.05) is 38.8 Å². The highest BCUT2D eigenvalue weighted by molar-refractivity contribution is 5.56. The van der Waals surface area contributed by atoms with E-state index in [-0.39, 0.29) is 5.54 Å². The second kappa shape index (κ2) is 5.17. The van der Waals surface area contributed by atoms with Crippen LogP contribution in [0, 0.1) is 5.92 Å². The topological polar surface area (TPSA) is 33.7 Å². The van der Waals surface area contributed by atoms with Crippen molar-refractivity contribution < 1.29 is 9.47 Å². The largest absolute Gasteiger partial charge is 0.497 e. The average Bonchev–Trinajstić information content (AvgIpc) is 3.32. The van der Waals surface area contributed by atoms with Gasteiger partial charge in [0.25, 0.3) is 0 Å². The molecule has 2 aliphatic rings. The van der Waals surface area contributed by atoms with E-state index >= 15 is 0 Å². The lowest BCUT2D eigenvalue weighted by molar-refractivity contribution is 0.285. The summed E-state index contributed by atoms with van der Waals surface area (Å²) in [6.45, 7) is 5.47. The normalized spacial score (nSPS) is 26.4. The fraction of sp³-hybridized carbons (Fsp3) is 0.625. The van der Waals surface area contributed by atoms with Gasteiger partial charge in [-0.1, -0.05) is 0 Å². The standard InChI is InChI=1S/C16H24N2O2/c1-16(12-4-5-12)11-18(7-6-17-16)13-8-14(19-2)10-15(9-13)20-3/h8-10,12,17H,4-7,11H2,1-3H3. The molecule has 1 unspecified atom stereocenters. The Labute approximate surface area is 121 Å². The minimum Gasteiger partial charge on any atom is -0.497 e. The first-order valence-electron chi connectivity index (χ1n) is 7.38. The van der Waals surface area contributed by atoms with E-state index in [9.17, 15) is 0 Å². The second-order valence-electron chi connectivity index (χ2n) is 6.11. The molecule has 1 heterocycles. The van der Waals surface area contributed by atoms with Gasteiger partial charge in [-0.15, -0.1) is 0 Å². The minimum absolute atomic E-state index is 0.245. The van der Waals surface area contributed by atoms with Crippen LogP contribution in [0.2, 0.25) is 0 Å². The van der Waals surface area contributed by atoms with E-state index < -0.39 is 0 Å². The van der Waals surface area contributed by atoms with Crippen LogP contribution in [0.25, 0.3) is 0 Å². The van der Waals surface area contributed by atoms with Gasteiger partial charge in [-0.05, 0) is 25.7 Å². The van der Waals surface area contributed by atoms with Gasteiger partial charge < -0.3 is 19.7 Å². The summed E-state index contributed by atoms with van der Waals surface area (Å²) in [5, 5.41) is 3.71. The molecule has 1 saturated heterocycles. The maximum absolute atomic E-state index is 5.38. The number of benzene rings is 1. The van der Waals surface area contributed by atoms with Gasteiger partial charge in [0.1, 0.15) is 11.5 Å². The van der Waals surface area contributed by atoms with Crippen LogP contribution >= 0.6 is 0 Å². The minimum atomic E-state index is 0.245. The van der Waals surface area contributed by atoms with Crippen molar-refractivity contribution in [2.24, 2.45) is 5.92 Å². The Kier molecular flexibility index (Phi) is 3.50. The predicted molar refractivity (Wildman–Crippen MR) is 80.9 cm³/mol. The van der Waals surface area contributed by atoms with Crippen LogP contribution in [-0.4, -0.2) is 39.4 Å². The molecule has 0 radical (unpaired) electrons. The molecule has 1 aromatic carbocycles.